The second kappa shape index (κ2) is 5.95. The first kappa shape index (κ1) is 17.0. The zero-order chi connectivity index (χ0) is 18.6. The molecule has 2 unspecified atom stereocenters. The van der Waals surface area contributed by atoms with Crippen LogP contribution in [-0.2, 0) is 10.2 Å². The molecule has 4 saturated carbocycles. The molecule has 4 bridgehead atoms. The van der Waals surface area contributed by atoms with Crippen LogP contribution < -0.4 is 5.32 Å². The first-order valence-corrected chi connectivity index (χ1v) is 10.4. The standard InChI is InChI=1S/C25H29NO/c1-17-7-9-21(10-8-17)24-12-19-11-20(13-24)15-25(14-19,16-24)23(27)26-22-6-4-3-5-18(22)2/h3-10,19-20H,11-16H2,1-2H3,(H,26,27)/t19-,20+,24?,25?. The lowest BCUT2D eigenvalue weighted by atomic mass is 9.42. The lowest BCUT2D eigenvalue weighted by Crippen LogP contribution is -2.58. The summed E-state index contributed by atoms with van der Waals surface area (Å²) >= 11 is 0. The molecule has 2 aromatic rings. The van der Waals surface area contributed by atoms with E-state index in [1.807, 2.05) is 18.2 Å². The van der Waals surface area contributed by atoms with Crippen LogP contribution >= 0.6 is 0 Å². The molecule has 2 heteroatoms. The van der Waals surface area contributed by atoms with Crippen LogP contribution in [-0.4, -0.2) is 5.91 Å². The smallest absolute Gasteiger partial charge is 0.230 e. The summed E-state index contributed by atoms with van der Waals surface area (Å²) in [4.78, 5) is 13.5. The largest absolute Gasteiger partial charge is 0.325 e. The van der Waals surface area contributed by atoms with Gasteiger partial charge in [0.15, 0.2) is 0 Å². The minimum absolute atomic E-state index is 0.183. The van der Waals surface area contributed by atoms with Gasteiger partial charge in [-0.25, -0.2) is 0 Å². The van der Waals surface area contributed by atoms with Crippen molar-refractivity contribution in [2.45, 2.75) is 57.8 Å². The summed E-state index contributed by atoms with van der Waals surface area (Å²) < 4.78 is 0. The molecular formula is C25H29NO. The van der Waals surface area contributed by atoms with Crippen LogP contribution in [0.5, 0.6) is 0 Å². The Morgan fingerprint density at radius 2 is 1.59 bits per heavy atom. The highest BCUT2D eigenvalue weighted by atomic mass is 16.2. The van der Waals surface area contributed by atoms with E-state index >= 15 is 0 Å². The van der Waals surface area contributed by atoms with Gasteiger partial charge in [-0.05, 0) is 86.8 Å². The minimum atomic E-state index is -0.183. The third-order valence-electron chi connectivity index (χ3n) is 7.60. The molecule has 0 heterocycles. The third kappa shape index (κ3) is 2.72. The molecule has 0 aromatic heterocycles. The van der Waals surface area contributed by atoms with Crippen molar-refractivity contribution < 1.29 is 4.79 Å². The molecule has 0 radical (unpaired) electrons. The van der Waals surface area contributed by atoms with Crippen molar-refractivity contribution in [2.75, 3.05) is 5.32 Å². The molecule has 140 valence electrons. The van der Waals surface area contributed by atoms with Gasteiger partial charge >= 0.3 is 0 Å². The summed E-state index contributed by atoms with van der Waals surface area (Å²) in [5.74, 6) is 1.67. The highest BCUT2D eigenvalue weighted by Gasteiger charge is 2.60. The number of hydrogen-bond acceptors (Lipinski definition) is 1. The van der Waals surface area contributed by atoms with Crippen LogP contribution in [0, 0.1) is 31.1 Å². The Kier molecular flexibility index (Phi) is 3.76. The Morgan fingerprint density at radius 1 is 0.926 bits per heavy atom. The normalized spacial score (nSPS) is 33.9. The monoisotopic (exact) mass is 359 g/mol. The molecule has 4 aliphatic rings. The molecule has 4 fully saturated rings. The van der Waals surface area contributed by atoms with Gasteiger partial charge in [0.1, 0.15) is 0 Å². The first-order chi connectivity index (χ1) is 13.0. The number of aryl methyl sites for hydroxylation is 2. The predicted molar refractivity (Wildman–Crippen MR) is 110 cm³/mol. The van der Waals surface area contributed by atoms with Crippen molar-refractivity contribution in [3.63, 3.8) is 0 Å². The zero-order valence-electron chi connectivity index (χ0n) is 16.4. The van der Waals surface area contributed by atoms with Gasteiger partial charge in [0.05, 0.1) is 5.41 Å². The van der Waals surface area contributed by atoms with Crippen molar-refractivity contribution in [2.24, 2.45) is 17.3 Å². The summed E-state index contributed by atoms with van der Waals surface area (Å²) in [5.41, 5.74) is 4.93. The van der Waals surface area contributed by atoms with Gasteiger partial charge in [-0.3, -0.25) is 4.79 Å². The second-order valence-corrected chi connectivity index (χ2v) is 9.66. The molecule has 27 heavy (non-hydrogen) atoms. The molecule has 1 N–H and O–H groups in total. The predicted octanol–water partition coefficient (Wildman–Crippen LogP) is 5.78. The van der Waals surface area contributed by atoms with E-state index in [4.69, 9.17) is 0 Å². The van der Waals surface area contributed by atoms with Crippen LogP contribution in [0.3, 0.4) is 0 Å². The Bertz CT molecular complexity index is 867. The Hall–Kier alpha value is -2.09. The van der Waals surface area contributed by atoms with E-state index in [1.165, 1.54) is 30.4 Å². The lowest BCUT2D eigenvalue weighted by molar-refractivity contribution is -0.143. The Labute approximate surface area is 162 Å². The van der Waals surface area contributed by atoms with Crippen molar-refractivity contribution in [1.29, 1.82) is 0 Å². The molecule has 0 spiro atoms. The van der Waals surface area contributed by atoms with Crippen LogP contribution in [0.15, 0.2) is 48.5 Å². The topological polar surface area (TPSA) is 29.1 Å². The van der Waals surface area contributed by atoms with Crippen molar-refractivity contribution in [3.05, 3.63) is 65.2 Å². The number of carbonyl (C=O) groups is 1. The molecule has 4 atom stereocenters. The molecule has 4 aliphatic carbocycles. The molecule has 1 amide bonds. The number of amides is 1. The Balaban J connectivity index is 1.49. The van der Waals surface area contributed by atoms with Gasteiger partial charge in [0, 0.05) is 5.69 Å². The zero-order valence-corrected chi connectivity index (χ0v) is 16.4. The summed E-state index contributed by atoms with van der Waals surface area (Å²) in [6, 6.07) is 17.3. The number of rotatable bonds is 3. The van der Waals surface area contributed by atoms with E-state index < -0.39 is 0 Å². The van der Waals surface area contributed by atoms with E-state index in [0.717, 1.165) is 30.5 Å². The van der Waals surface area contributed by atoms with Gasteiger partial charge in [0.2, 0.25) is 5.91 Å². The van der Waals surface area contributed by atoms with E-state index in [9.17, 15) is 4.79 Å². The molecule has 2 nitrogen and oxygen atoms in total. The molecular weight excluding hydrogens is 330 g/mol. The van der Waals surface area contributed by atoms with Gasteiger partial charge in [-0.1, -0.05) is 48.0 Å². The number of anilines is 1. The van der Waals surface area contributed by atoms with E-state index in [-0.39, 0.29) is 16.7 Å². The fourth-order valence-corrected chi connectivity index (χ4v) is 6.74. The second-order valence-electron chi connectivity index (χ2n) is 9.66. The molecule has 0 aliphatic heterocycles. The van der Waals surface area contributed by atoms with Crippen molar-refractivity contribution in [3.8, 4) is 0 Å². The van der Waals surface area contributed by atoms with Crippen molar-refractivity contribution in [1.82, 2.24) is 0 Å². The summed E-state index contributed by atoms with van der Waals surface area (Å²) in [7, 11) is 0. The fourth-order valence-electron chi connectivity index (χ4n) is 6.74. The number of benzene rings is 2. The SMILES string of the molecule is Cc1ccc(C23C[C@@H]4C[C@@H](CC(C(=O)Nc5ccccc5C)(C4)C2)C3)cc1. The maximum Gasteiger partial charge on any atom is 0.230 e. The van der Waals surface area contributed by atoms with Crippen LogP contribution in [0.1, 0.15) is 55.2 Å². The van der Waals surface area contributed by atoms with Gasteiger partial charge in [0.25, 0.3) is 0 Å². The number of para-hydroxylation sites is 1. The summed E-state index contributed by atoms with van der Waals surface area (Å²) in [6.07, 6.45) is 7.04. The average Bonchev–Trinajstić information content (AvgIpc) is 2.63. The molecule has 0 saturated heterocycles. The van der Waals surface area contributed by atoms with Gasteiger partial charge in [-0.15, -0.1) is 0 Å². The molecule has 6 rings (SSSR count). The fraction of sp³-hybridized carbons (Fsp3) is 0.480. The molecule has 2 aromatic carbocycles. The van der Waals surface area contributed by atoms with E-state index in [2.05, 4.69) is 49.5 Å². The maximum absolute atomic E-state index is 13.5. The maximum atomic E-state index is 13.5. The number of hydrogen-bond donors (Lipinski definition) is 1. The average molecular weight is 360 g/mol. The lowest BCUT2D eigenvalue weighted by Gasteiger charge is -2.61. The van der Waals surface area contributed by atoms with Gasteiger partial charge in [-0.2, -0.15) is 0 Å². The quantitative estimate of drug-likeness (QED) is 0.739. The summed E-state index contributed by atoms with van der Waals surface area (Å²) in [5, 5.41) is 3.31. The first-order valence-electron chi connectivity index (χ1n) is 10.4. The van der Waals surface area contributed by atoms with E-state index in [0.29, 0.717) is 11.8 Å². The highest BCUT2D eigenvalue weighted by Crippen LogP contribution is 2.66. The number of carbonyl (C=O) groups excluding carboxylic acids is 1. The van der Waals surface area contributed by atoms with Crippen LogP contribution in [0.25, 0.3) is 0 Å². The van der Waals surface area contributed by atoms with Crippen molar-refractivity contribution >= 4 is 11.6 Å². The van der Waals surface area contributed by atoms with E-state index in [1.54, 1.807) is 0 Å². The van der Waals surface area contributed by atoms with Crippen LogP contribution in [0.2, 0.25) is 0 Å². The summed E-state index contributed by atoms with van der Waals surface area (Å²) in [6.45, 7) is 4.23. The highest BCUT2D eigenvalue weighted by molar-refractivity contribution is 5.96. The van der Waals surface area contributed by atoms with Gasteiger partial charge < -0.3 is 5.32 Å². The minimum Gasteiger partial charge on any atom is -0.325 e. The number of nitrogens with one attached hydrogen (secondary N) is 1. The van der Waals surface area contributed by atoms with Crippen LogP contribution in [0.4, 0.5) is 5.69 Å². The third-order valence-corrected chi connectivity index (χ3v) is 7.60. The Morgan fingerprint density at radius 3 is 2.26 bits per heavy atom.